The van der Waals surface area contributed by atoms with E-state index in [1.807, 2.05) is 0 Å². The number of rotatable bonds is 4. The van der Waals surface area contributed by atoms with Crippen molar-refractivity contribution in [3.63, 3.8) is 0 Å². The van der Waals surface area contributed by atoms with Crippen LogP contribution in [-0.2, 0) is 4.79 Å². The van der Waals surface area contributed by atoms with E-state index in [0.29, 0.717) is 11.1 Å². The number of aliphatic carboxylic acids is 1. The smallest absolute Gasteiger partial charge is 0.326 e. The lowest BCUT2D eigenvalue weighted by Gasteiger charge is -2.17. The molecule has 1 aromatic carbocycles. The number of carbonyl (C=O) groups is 2. The summed E-state index contributed by atoms with van der Waals surface area (Å²) in [5.74, 6) is 0.801. The molecule has 1 rings (SSSR count). The monoisotopic (exact) mass is 245 g/mol. The lowest BCUT2D eigenvalue weighted by Crippen LogP contribution is -2.44. The Morgan fingerprint density at radius 1 is 1.28 bits per heavy atom. The van der Waals surface area contributed by atoms with Crippen LogP contribution in [0.1, 0.15) is 29.8 Å². The van der Waals surface area contributed by atoms with Crippen molar-refractivity contribution in [1.29, 1.82) is 0 Å². The second kappa shape index (κ2) is 5.87. The first kappa shape index (κ1) is 13.8. The van der Waals surface area contributed by atoms with Gasteiger partial charge in [-0.15, -0.1) is 6.42 Å². The van der Waals surface area contributed by atoms with Crippen molar-refractivity contribution in [2.45, 2.75) is 19.9 Å². The van der Waals surface area contributed by atoms with E-state index in [0.717, 1.165) is 0 Å². The minimum Gasteiger partial charge on any atom is -0.480 e. The van der Waals surface area contributed by atoms with E-state index >= 15 is 0 Å². The predicted molar refractivity (Wildman–Crippen MR) is 68.1 cm³/mol. The maximum Gasteiger partial charge on any atom is 0.326 e. The number of hydrogen-bond donors (Lipinski definition) is 2. The second-order valence-corrected chi connectivity index (χ2v) is 4.26. The summed E-state index contributed by atoms with van der Waals surface area (Å²) in [7, 11) is 0. The third-order valence-corrected chi connectivity index (χ3v) is 2.53. The number of carbonyl (C=O) groups excluding carboxylic acids is 1. The highest BCUT2D eigenvalue weighted by atomic mass is 16.4. The Morgan fingerprint density at radius 2 is 1.83 bits per heavy atom. The summed E-state index contributed by atoms with van der Waals surface area (Å²) in [5, 5.41) is 11.5. The fraction of sp³-hybridized carbons (Fsp3) is 0.286. The van der Waals surface area contributed by atoms with E-state index in [-0.39, 0.29) is 5.92 Å². The van der Waals surface area contributed by atoms with E-state index in [9.17, 15) is 9.59 Å². The zero-order valence-corrected chi connectivity index (χ0v) is 10.3. The van der Waals surface area contributed by atoms with Crippen LogP contribution in [0.3, 0.4) is 0 Å². The maximum atomic E-state index is 11.8. The number of nitrogens with one attached hydrogen (secondary N) is 1. The molecule has 0 aromatic heterocycles. The number of hydrogen-bond acceptors (Lipinski definition) is 2. The molecule has 4 heteroatoms. The molecule has 0 fully saturated rings. The molecular formula is C14H15NO3. The van der Waals surface area contributed by atoms with Gasteiger partial charge in [-0.3, -0.25) is 4.79 Å². The van der Waals surface area contributed by atoms with Gasteiger partial charge in [0, 0.05) is 11.1 Å². The van der Waals surface area contributed by atoms with Crippen LogP contribution in [0.25, 0.3) is 0 Å². The Balaban J connectivity index is 2.81. The Hall–Kier alpha value is -2.28. The summed E-state index contributed by atoms with van der Waals surface area (Å²) >= 11 is 0. The molecule has 1 unspecified atom stereocenters. The van der Waals surface area contributed by atoms with Gasteiger partial charge < -0.3 is 10.4 Å². The van der Waals surface area contributed by atoms with Crippen LogP contribution in [-0.4, -0.2) is 23.0 Å². The van der Waals surface area contributed by atoms with Gasteiger partial charge in [0.25, 0.3) is 5.91 Å². The topological polar surface area (TPSA) is 66.4 Å². The van der Waals surface area contributed by atoms with Crippen molar-refractivity contribution in [3.8, 4) is 12.3 Å². The summed E-state index contributed by atoms with van der Waals surface area (Å²) in [6.45, 7) is 3.47. The van der Waals surface area contributed by atoms with Crippen LogP contribution in [0.5, 0.6) is 0 Å². The number of amides is 1. The van der Waals surface area contributed by atoms with Crippen LogP contribution < -0.4 is 5.32 Å². The third-order valence-electron chi connectivity index (χ3n) is 2.53. The fourth-order valence-corrected chi connectivity index (χ4v) is 1.46. The van der Waals surface area contributed by atoms with E-state index in [4.69, 9.17) is 11.5 Å². The standard InChI is InChI=1S/C14H15NO3/c1-4-10-5-7-11(8-6-10)13(16)15-12(9(2)3)14(17)18/h1,5-9,12H,2-3H3,(H,15,16)(H,17,18). The molecule has 0 heterocycles. The summed E-state index contributed by atoms with van der Waals surface area (Å²) in [5.41, 5.74) is 1.06. The summed E-state index contributed by atoms with van der Waals surface area (Å²) in [4.78, 5) is 22.8. The minimum atomic E-state index is -1.04. The molecular weight excluding hydrogens is 230 g/mol. The van der Waals surface area contributed by atoms with Crippen molar-refractivity contribution in [2.75, 3.05) is 0 Å². The van der Waals surface area contributed by atoms with Crippen LogP contribution in [0.4, 0.5) is 0 Å². The number of carboxylic acids is 1. The summed E-state index contributed by atoms with van der Waals surface area (Å²) in [6.07, 6.45) is 5.21. The highest BCUT2D eigenvalue weighted by Crippen LogP contribution is 2.06. The lowest BCUT2D eigenvalue weighted by molar-refractivity contribution is -0.140. The van der Waals surface area contributed by atoms with Gasteiger partial charge in [-0.05, 0) is 30.2 Å². The number of benzene rings is 1. The molecule has 1 atom stereocenters. The molecule has 0 saturated heterocycles. The minimum absolute atomic E-state index is 0.184. The zero-order chi connectivity index (χ0) is 13.7. The molecule has 1 amide bonds. The van der Waals surface area contributed by atoms with Crippen molar-refractivity contribution in [2.24, 2.45) is 5.92 Å². The highest BCUT2D eigenvalue weighted by molar-refractivity contribution is 5.96. The quantitative estimate of drug-likeness (QED) is 0.790. The predicted octanol–water partition coefficient (Wildman–Crippen LogP) is 1.51. The van der Waals surface area contributed by atoms with Gasteiger partial charge in [0.2, 0.25) is 0 Å². The maximum absolute atomic E-state index is 11.8. The first-order valence-electron chi connectivity index (χ1n) is 5.56. The lowest BCUT2D eigenvalue weighted by atomic mass is 10.0. The third kappa shape index (κ3) is 3.36. The van der Waals surface area contributed by atoms with Crippen molar-refractivity contribution >= 4 is 11.9 Å². The summed E-state index contributed by atoms with van der Waals surface area (Å²) in [6, 6.07) is 5.53. The van der Waals surface area contributed by atoms with Crippen LogP contribution in [0.15, 0.2) is 24.3 Å². The van der Waals surface area contributed by atoms with Gasteiger partial charge >= 0.3 is 5.97 Å². The molecule has 0 aliphatic heterocycles. The molecule has 4 nitrogen and oxygen atoms in total. The molecule has 0 saturated carbocycles. The number of terminal acetylenes is 1. The van der Waals surface area contributed by atoms with E-state index in [2.05, 4.69) is 11.2 Å². The highest BCUT2D eigenvalue weighted by Gasteiger charge is 2.23. The average molecular weight is 245 g/mol. The van der Waals surface area contributed by atoms with Crippen molar-refractivity contribution < 1.29 is 14.7 Å². The first-order valence-corrected chi connectivity index (χ1v) is 5.56. The Morgan fingerprint density at radius 3 is 2.22 bits per heavy atom. The first-order chi connectivity index (χ1) is 8.45. The fourth-order valence-electron chi connectivity index (χ4n) is 1.46. The molecule has 0 bridgehead atoms. The number of carboxylic acid groups (broad SMARTS) is 1. The van der Waals surface area contributed by atoms with Gasteiger partial charge in [0.05, 0.1) is 0 Å². The van der Waals surface area contributed by atoms with Crippen LogP contribution in [0.2, 0.25) is 0 Å². The van der Waals surface area contributed by atoms with Gasteiger partial charge in [-0.1, -0.05) is 19.8 Å². The molecule has 18 heavy (non-hydrogen) atoms. The van der Waals surface area contributed by atoms with E-state index in [1.54, 1.807) is 38.1 Å². The van der Waals surface area contributed by atoms with E-state index in [1.165, 1.54) is 0 Å². The zero-order valence-electron chi connectivity index (χ0n) is 10.3. The molecule has 0 radical (unpaired) electrons. The average Bonchev–Trinajstić information content (AvgIpc) is 2.35. The van der Waals surface area contributed by atoms with Crippen LogP contribution >= 0.6 is 0 Å². The van der Waals surface area contributed by atoms with Crippen LogP contribution in [0, 0.1) is 18.3 Å². The van der Waals surface area contributed by atoms with Crippen molar-refractivity contribution in [1.82, 2.24) is 5.32 Å². The molecule has 94 valence electrons. The Labute approximate surface area is 106 Å². The van der Waals surface area contributed by atoms with Gasteiger partial charge in [0.1, 0.15) is 6.04 Å². The molecule has 1 aromatic rings. The normalized spacial score (nSPS) is 11.7. The van der Waals surface area contributed by atoms with E-state index < -0.39 is 17.9 Å². The molecule has 0 spiro atoms. The molecule has 0 aliphatic rings. The molecule has 2 N–H and O–H groups in total. The summed E-state index contributed by atoms with van der Waals surface area (Å²) < 4.78 is 0. The van der Waals surface area contributed by atoms with Gasteiger partial charge in [-0.2, -0.15) is 0 Å². The molecule has 0 aliphatic carbocycles. The Bertz CT molecular complexity index is 483. The largest absolute Gasteiger partial charge is 0.480 e. The SMILES string of the molecule is C#Cc1ccc(C(=O)NC(C(=O)O)C(C)C)cc1. The van der Waals surface area contributed by atoms with Gasteiger partial charge in [-0.25, -0.2) is 4.79 Å². The Kier molecular flexibility index (Phi) is 4.50. The second-order valence-electron chi connectivity index (χ2n) is 4.26. The van der Waals surface area contributed by atoms with Gasteiger partial charge in [0.15, 0.2) is 0 Å². The van der Waals surface area contributed by atoms with Crippen molar-refractivity contribution in [3.05, 3.63) is 35.4 Å².